The number of hydrogen-bond donors (Lipinski definition) is 1. The predicted octanol–water partition coefficient (Wildman–Crippen LogP) is 3.43. The highest BCUT2D eigenvalue weighted by Crippen LogP contribution is 2.31. The summed E-state index contributed by atoms with van der Waals surface area (Å²) in [5.74, 6) is -0.406. The van der Waals surface area contributed by atoms with Crippen molar-refractivity contribution >= 4 is 43.8 Å². The molecule has 0 aliphatic carbocycles. The normalized spacial score (nSPS) is 28.8. The lowest BCUT2D eigenvalue weighted by atomic mass is 10.0. The van der Waals surface area contributed by atoms with E-state index in [0.29, 0.717) is 0 Å². The fourth-order valence-electron chi connectivity index (χ4n) is 2.59. The molecule has 1 heterocycles. The number of carbonyl (C=O) groups excluding carboxylic acids is 1. The molecule has 0 saturated carbocycles. The van der Waals surface area contributed by atoms with E-state index in [9.17, 15) is 4.79 Å². The van der Waals surface area contributed by atoms with Crippen LogP contribution in [0.2, 0.25) is 58.9 Å². The van der Waals surface area contributed by atoms with Crippen LogP contribution in [0.3, 0.4) is 0 Å². The van der Waals surface area contributed by atoms with Gasteiger partial charge in [-0.25, -0.2) is 4.79 Å². The van der Waals surface area contributed by atoms with Crippen LogP contribution in [-0.2, 0) is 27.0 Å². The van der Waals surface area contributed by atoms with Crippen LogP contribution in [-0.4, -0.2) is 61.9 Å². The molecule has 0 N–H and O–H groups in total. The molecule has 0 amide bonds. The molecule has 1 aliphatic rings. The summed E-state index contributed by atoms with van der Waals surface area (Å²) in [7, 11) is -5.87. The number of thiol groups is 1. The van der Waals surface area contributed by atoms with Gasteiger partial charge in [-0.05, 0) is 71.8 Å². The molecule has 25 heavy (non-hydrogen) atoms. The van der Waals surface area contributed by atoms with Gasteiger partial charge in [0.05, 0.1) is 0 Å². The van der Waals surface area contributed by atoms with E-state index in [0.717, 1.165) is 0 Å². The fraction of sp³-hybridized carbons (Fsp3) is 0.933. The molecule has 1 saturated heterocycles. The van der Waals surface area contributed by atoms with Crippen molar-refractivity contribution in [1.82, 2.24) is 0 Å². The largest absolute Gasteiger partial charge is 0.455 e. The molecular weight excluding hydrogens is 392 g/mol. The van der Waals surface area contributed by atoms with Crippen molar-refractivity contribution in [2.75, 3.05) is 6.61 Å². The van der Waals surface area contributed by atoms with Crippen LogP contribution in [0.15, 0.2) is 0 Å². The number of hydrogen-bond acceptors (Lipinski definition) is 7. The molecule has 1 aliphatic heterocycles. The van der Waals surface area contributed by atoms with Gasteiger partial charge >= 0.3 is 5.97 Å². The average molecular weight is 427 g/mol. The summed E-state index contributed by atoms with van der Waals surface area (Å²) in [6, 6.07) is 0. The number of cyclic esters (lactones) is 1. The lowest BCUT2D eigenvalue weighted by molar-refractivity contribution is -0.197. The predicted molar refractivity (Wildman–Crippen MR) is 109 cm³/mol. The highest BCUT2D eigenvalue weighted by atomic mass is 32.1. The van der Waals surface area contributed by atoms with Crippen molar-refractivity contribution in [2.24, 2.45) is 0 Å². The minimum absolute atomic E-state index is 0.148. The van der Waals surface area contributed by atoms with E-state index in [4.69, 9.17) is 22.2 Å². The molecule has 0 aromatic heterocycles. The van der Waals surface area contributed by atoms with Crippen molar-refractivity contribution in [3.8, 4) is 0 Å². The van der Waals surface area contributed by atoms with Crippen LogP contribution < -0.4 is 0 Å². The first-order chi connectivity index (χ1) is 11.1. The monoisotopic (exact) mass is 426 g/mol. The third kappa shape index (κ3) is 8.24. The Morgan fingerprint density at radius 3 is 1.68 bits per heavy atom. The second-order valence-electron chi connectivity index (χ2n) is 9.31. The Hall–Kier alpha value is 0.311. The quantitative estimate of drug-likeness (QED) is 0.278. The van der Waals surface area contributed by atoms with Crippen molar-refractivity contribution in [3.05, 3.63) is 0 Å². The lowest BCUT2D eigenvalue weighted by Gasteiger charge is -2.46. The molecule has 0 bridgehead atoms. The Labute approximate surface area is 160 Å². The molecule has 148 valence electrons. The molecule has 0 spiro atoms. The first-order valence-corrected chi connectivity index (χ1v) is 19.2. The van der Waals surface area contributed by atoms with Gasteiger partial charge < -0.3 is 22.2 Å². The molecule has 1 rings (SSSR count). The van der Waals surface area contributed by atoms with E-state index in [-0.39, 0.29) is 6.61 Å². The molecule has 0 unspecified atom stereocenters. The summed E-state index contributed by atoms with van der Waals surface area (Å²) in [4.78, 5) is 12.7. The van der Waals surface area contributed by atoms with E-state index < -0.39 is 55.3 Å². The first kappa shape index (κ1) is 23.4. The van der Waals surface area contributed by atoms with Crippen molar-refractivity contribution in [1.29, 1.82) is 0 Å². The van der Waals surface area contributed by atoms with Crippen LogP contribution in [0.1, 0.15) is 0 Å². The Balaban J connectivity index is 3.25. The number of rotatable bonds is 8. The minimum Gasteiger partial charge on any atom is -0.455 e. The topological polar surface area (TPSA) is 63.2 Å². The van der Waals surface area contributed by atoms with Gasteiger partial charge in [0, 0.05) is 0 Å². The summed E-state index contributed by atoms with van der Waals surface area (Å²) in [5, 5.41) is 0. The Morgan fingerprint density at radius 2 is 1.28 bits per heavy atom. The second-order valence-corrected chi connectivity index (χ2v) is 23.0. The van der Waals surface area contributed by atoms with Crippen molar-refractivity contribution in [3.63, 3.8) is 0 Å². The molecular formula is C15H34O6SSi3. The van der Waals surface area contributed by atoms with Crippen molar-refractivity contribution < 1.29 is 27.0 Å². The summed E-state index contributed by atoms with van der Waals surface area (Å²) in [6.45, 7) is 18.9. The van der Waals surface area contributed by atoms with E-state index in [1.807, 2.05) is 19.6 Å². The lowest BCUT2D eigenvalue weighted by Crippen LogP contribution is -2.64. The third-order valence-electron chi connectivity index (χ3n) is 3.19. The smallest absolute Gasteiger partial charge is 0.337 e. The van der Waals surface area contributed by atoms with Gasteiger partial charge in [0.2, 0.25) is 0 Å². The van der Waals surface area contributed by atoms with Gasteiger partial charge in [0.1, 0.15) is 18.8 Å². The van der Waals surface area contributed by atoms with Crippen LogP contribution >= 0.6 is 12.9 Å². The molecule has 0 aromatic rings. The number of esters is 1. The summed E-state index contributed by atoms with van der Waals surface area (Å²) < 4.78 is 29.5. The van der Waals surface area contributed by atoms with Gasteiger partial charge in [-0.3, -0.25) is 0 Å². The van der Waals surface area contributed by atoms with Crippen molar-refractivity contribution in [2.45, 2.75) is 83.3 Å². The first-order valence-electron chi connectivity index (χ1n) is 8.63. The van der Waals surface area contributed by atoms with E-state index in [2.05, 4.69) is 52.2 Å². The maximum atomic E-state index is 12.7. The highest BCUT2D eigenvalue weighted by molar-refractivity contribution is 7.75. The van der Waals surface area contributed by atoms with Gasteiger partial charge in [-0.15, -0.1) is 0 Å². The molecule has 4 atom stereocenters. The summed E-state index contributed by atoms with van der Waals surface area (Å²) >= 11 is 3.83. The second kappa shape index (κ2) is 8.55. The highest BCUT2D eigenvalue weighted by Gasteiger charge is 2.51. The van der Waals surface area contributed by atoms with Crippen LogP contribution in [0.25, 0.3) is 0 Å². The SMILES string of the molecule is C[Si](C)(C)O[C@H]1[C@H](O[Si](C)(C)C)[C@@H](O[Si](C)(C)C)C(=O)O[C@@H]1COS. The Morgan fingerprint density at radius 1 is 0.840 bits per heavy atom. The van der Waals surface area contributed by atoms with E-state index in [1.165, 1.54) is 0 Å². The maximum Gasteiger partial charge on any atom is 0.337 e. The molecule has 6 nitrogen and oxygen atoms in total. The summed E-state index contributed by atoms with van der Waals surface area (Å²) in [6.07, 6.45) is -2.25. The zero-order valence-electron chi connectivity index (χ0n) is 16.9. The van der Waals surface area contributed by atoms with Gasteiger partial charge in [0.25, 0.3) is 0 Å². The number of ether oxygens (including phenoxy) is 1. The maximum absolute atomic E-state index is 12.7. The van der Waals surface area contributed by atoms with E-state index >= 15 is 0 Å². The molecule has 0 aromatic carbocycles. The van der Waals surface area contributed by atoms with Gasteiger partial charge in [-0.2, -0.15) is 0 Å². The van der Waals surface area contributed by atoms with E-state index in [1.54, 1.807) is 0 Å². The average Bonchev–Trinajstić information content (AvgIpc) is 2.34. The molecule has 1 fully saturated rings. The summed E-state index contributed by atoms with van der Waals surface area (Å²) in [5.41, 5.74) is 0. The zero-order chi connectivity index (χ0) is 19.6. The van der Waals surface area contributed by atoms with Crippen LogP contribution in [0.5, 0.6) is 0 Å². The van der Waals surface area contributed by atoms with Crippen LogP contribution in [0.4, 0.5) is 0 Å². The van der Waals surface area contributed by atoms with Gasteiger partial charge in [-0.1, -0.05) is 0 Å². The molecule has 10 heteroatoms. The standard InChI is InChI=1S/C15H34O6SSi3/c1-23(2,3)19-12-11(10-17-22)18-15(16)14(21-25(7,8)9)13(12)20-24(4,5)6/h11-14,22H,10H2,1-9H3/t11-,12-,13+,14-/m1/s1. The minimum atomic E-state index is -1.99. The van der Waals surface area contributed by atoms with Gasteiger partial charge in [0.15, 0.2) is 37.2 Å². The van der Waals surface area contributed by atoms with Crippen LogP contribution in [0, 0.1) is 0 Å². The Kier molecular flexibility index (Phi) is 7.98. The Bertz CT molecular complexity index is 458. The third-order valence-corrected chi connectivity index (χ3v) is 6.26. The zero-order valence-corrected chi connectivity index (χ0v) is 20.8. The fourth-order valence-corrected chi connectivity index (χ4v) is 5.90. The molecule has 0 radical (unpaired) electrons. The number of carbonyl (C=O) groups is 1.